The highest BCUT2D eigenvalue weighted by Gasteiger charge is 2.30. The van der Waals surface area contributed by atoms with E-state index in [0.29, 0.717) is 0 Å². The van der Waals surface area contributed by atoms with Crippen LogP contribution in [-0.4, -0.2) is 30.7 Å². The quantitative estimate of drug-likeness (QED) is 0.633. The number of carbonyl (C=O) groups excluding carboxylic acids is 2. The summed E-state index contributed by atoms with van der Waals surface area (Å²) in [7, 11) is 0. The molecule has 0 atom stereocenters. The van der Waals surface area contributed by atoms with E-state index in [9.17, 15) is 9.59 Å². The van der Waals surface area contributed by atoms with E-state index in [0.717, 1.165) is 18.4 Å². The summed E-state index contributed by atoms with van der Waals surface area (Å²) >= 11 is 0. The SMILES string of the molecule is NC(=O)CONC1CC(NC(=O)OCc2ccccc2)C1. The molecule has 0 aliphatic heterocycles. The zero-order chi connectivity index (χ0) is 15.1. The van der Waals surface area contributed by atoms with Crippen molar-refractivity contribution in [1.82, 2.24) is 10.8 Å². The molecule has 0 saturated heterocycles. The van der Waals surface area contributed by atoms with Crippen molar-refractivity contribution in [3.05, 3.63) is 35.9 Å². The second kappa shape index (κ2) is 7.61. The minimum Gasteiger partial charge on any atom is -0.445 e. The Morgan fingerprint density at radius 2 is 1.90 bits per heavy atom. The maximum Gasteiger partial charge on any atom is 0.407 e. The minimum atomic E-state index is -0.527. The van der Waals surface area contributed by atoms with Crippen molar-refractivity contribution < 1.29 is 19.2 Å². The Hall–Kier alpha value is -2.12. The number of primary amides is 1. The monoisotopic (exact) mass is 293 g/mol. The van der Waals surface area contributed by atoms with Gasteiger partial charge in [-0.3, -0.25) is 9.63 Å². The van der Waals surface area contributed by atoms with Gasteiger partial charge >= 0.3 is 6.09 Å². The van der Waals surface area contributed by atoms with Gasteiger partial charge in [-0.1, -0.05) is 30.3 Å². The molecular formula is C14H19N3O4. The summed E-state index contributed by atoms with van der Waals surface area (Å²) in [5.74, 6) is -0.527. The van der Waals surface area contributed by atoms with E-state index in [4.69, 9.17) is 15.3 Å². The van der Waals surface area contributed by atoms with E-state index < -0.39 is 12.0 Å². The summed E-state index contributed by atoms with van der Waals surface area (Å²) < 4.78 is 5.12. The van der Waals surface area contributed by atoms with Gasteiger partial charge in [-0.15, -0.1) is 0 Å². The molecule has 7 nitrogen and oxygen atoms in total. The van der Waals surface area contributed by atoms with E-state index in [1.165, 1.54) is 0 Å². The molecule has 0 heterocycles. The normalized spacial score (nSPS) is 20.4. The molecule has 1 aliphatic carbocycles. The van der Waals surface area contributed by atoms with Gasteiger partial charge < -0.3 is 15.8 Å². The molecule has 0 aromatic heterocycles. The number of hydrogen-bond donors (Lipinski definition) is 3. The third kappa shape index (κ3) is 5.41. The number of benzene rings is 1. The van der Waals surface area contributed by atoms with E-state index in [1.807, 2.05) is 30.3 Å². The van der Waals surface area contributed by atoms with Gasteiger partial charge in [0.25, 0.3) is 0 Å². The lowest BCUT2D eigenvalue weighted by Crippen LogP contribution is -2.52. The van der Waals surface area contributed by atoms with Crippen LogP contribution in [-0.2, 0) is 21.0 Å². The second-order valence-corrected chi connectivity index (χ2v) is 4.94. The summed E-state index contributed by atoms with van der Waals surface area (Å²) in [5, 5.41) is 2.77. The van der Waals surface area contributed by atoms with E-state index >= 15 is 0 Å². The van der Waals surface area contributed by atoms with Crippen LogP contribution in [0.3, 0.4) is 0 Å². The zero-order valence-corrected chi connectivity index (χ0v) is 11.6. The molecule has 0 spiro atoms. The van der Waals surface area contributed by atoms with Crippen molar-refractivity contribution in [2.45, 2.75) is 31.5 Å². The number of alkyl carbamates (subject to hydrolysis) is 1. The number of nitrogens with one attached hydrogen (secondary N) is 2. The lowest BCUT2D eigenvalue weighted by molar-refractivity contribution is -0.126. The average molecular weight is 293 g/mol. The van der Waals surface area contributed by atoms with Crippen molar-refractivity contribution >= 4 is 12.0 Å². The fourth-order valence-electron chi connectivity index (χ4n) is 1.99. The first-order chi connectivity index (χ1) is 10.1. The van der Waals surface area contributed by atoms with Crippen molar-refractivity contribution in [3.8, 4) is 0 Å². The zero-order valence-electron chi connectivity index (χ0n) is 11.6. The molecule has 114 valence electrons. The third-order valence-electron chi connectivity index (χ3n) is 3.14. The van der Waals surface area contributed by atoms with Gasteiger partial charge in [-0.2, -0.15) is 5.48 Å². The van der Waals surface area contributed by atoms with Gasteiger partial charge in [-0.05, 0) is 18.4 Å². The summed E-state index contributed by atoms with van der Waals surface area (Å²) in [6.45, 7) is 0.0938. The van der Waals surface area contributed by atoms with Crippen molar-refractivity contribution in [2.75, 3.05) is 6.61 Å². The molecule has 1 aromatic rings. The van der Waals surface area contributed by atoms with Crippen molar-refractivity contribution in [2.24, 2.45) is 5.73 Å². The van der Waals surface area contributed by atoms with Gasteiger partial charge in [0.05, 0.1) is 0 Å². The maximum absolute atomic E-state index is 11.6. The number of amides is 2. The van der Waals surface area contributed by atoms with Crippen LogP contribution < -0.4 is 16.5 Å². The highest BCUT2D eigenvalue weighted by Crippen LogP contribution is 2.20. The Labute approximate surface area is 122 Å². The topological polar surface area (TPSA) is 103 Å². The van der Waals surface area contributed by atoms with Crippen LogP contribution in [0.2, 0.25) is 0 Å². The molecule has 4 N–H and O–H groups in total. The standard InChI is InChI=1S/C14H19N3O4/c15-13(18)9-21-17-12-6-11(7-12)16-14(19)20-8-10-4-2-1-3-5-10/h1-5,11-12,17H,6-9H2,(H2,15,18)(H,16,19). The smallest absolute Gasteiger partial charge is 0.407 e. The Balaban J connectivity index is 1.55. The van der Waals surface area contributed by atoms with Crippen LogP contribution in [0.4, 0.5) is 4.79 Å². The molecule has 1 fully saturated rings. The number of carbonyl (C=O) groups is 2. The van der Waals surface area contributed by atoms with Crippen LogP contribution in [0, 0.1) is 0 Å². The number of ether oxygens (including phenoxy) is 1. The van der Waals surface area contributed by atoms with Gasteiger partial charge in [0.2, 0.25) is 5.91 Å². The molecule has 2 rings (SSSR count). The van der Waals surface area contributed by atoms with Crippen LogP contribution in [0.25, 0.3) is 0 Å². The molecule has 21 heavy (non-hydrogen) atoms. The lowest BCUT2D eigenvalue weighted by Gasteiger charge is -2.35. The molecule has 1 saturated carbocycles. The Kier molecular flexibility index (Phi) is 5.53. The molecule has 0 unspecified atom stereocenters. The molecule has 2 amide bonds. The predicted octanol–water partition coefficient (Wildman–Crippen LogP) is 0.450. The van der Waals surface area contributed by atoms with Crippen LogP contribution in [0.1, 0.15) is 18.4 Å². The highest BCUT2D eigenvalue weighted by atomic mass is 16.6. The van der Waals surface area contributed by atoms with Crippen LogP contribution >= 0.6 is 0 Å². The summed E-state index contributed by atoms with van der Waals surface area (Å²) in [6.07, 6.45) is 1.01. The third-order valence-corrected chi connectivity index (χ3v) is 3.14. The highest BCUT2D eigenvalue weighted by molar-refractivity contribution is 5.74. The van der Waals surface area contributed by atoms with Crippen molar-refractivity contribution in [3.63, 3.8) is 0 Å². The predicted molar refractivity (Wildman–Crippen MR) is 74.9 cm³/mol. The maximum atomic E-state index is 11.6. The first-order valence-electron chi connectivity index (χ1n) is 6.76. The van der Waals surface area contributed by atoms with E-state index in [1.54, 1.807) is 0 Å². The first kappa shape index (κ1) is 15.3. The number of rotatable bonds is 7. The first-order valence-corrected chi connectivity index (χ1v) is 6.76. The van der Waals surface area contributed by atoms with E-state index in [2.05, 4.69) is 10.8 Å². The second-order valence-electron chi connectivity index (χ2n) is 4.94. The molecule has 7 heteroatoms. The number of hydroxylamine groups is 1. The molecule has 0 bridgehead atoms. The molecule has 1 aromatic carbocycles. The van der Waals surface area contributed by atoms with Gasteiger partial charge in [0.15, 0.2) is 0 Å². The van der Waals surface area contributed by atoms with Crippen LogP contribution in [0.5, 0.6) is 0 Å². The summed E-state index contributed by atoms with van der Waals surface area (Å²) in [6, 6.07) is 9.66. The average Bonchev–Trinajstić information content (AvgIpc) is 2.43. The Bertz CT molecular complexity index is 474. The fraction of sp³-hybridized carbons (Fsp3) is 0.429. The summed E-state index contributed by atoms with van der Waals surface area (Å²) in [4.78, 5) is 26.9. The van der Waals surface area contributed by atoms with Crippen molar-refractivity contribution in [1.29, 1.82) is 0 Å². The van der Waals surface area contributed by atoms with Crippen LogP contribution in [0.15, 0.2) is 30.3 Å². The molecule has 1 aliphatic rings. The number of hydrogen-bond acceptors (Lipinski definition) is 5. The Morgan fingerprint density at radius 1 is 1.19 bits per heavy atom. The molecule has 0 radical (unpaired) electrons. The van der Waals surface area contributed by atoms with Gasteiger partial charge in [-0.25, -0.2) is 4.79 Å². The fourth-order valence-corrected chi connectivity index (χ4v) is 1.99. The molecular weight excluding hydrogens is 274 g/mol. The lowest BCUT2D eigenvalue weighted by atomic mass is 9.88. The van der Waals surface area contributed by atoms with Gasteiger partial charge in [0, 0.05) is 12.1 Å². The minimum absolute atomic E-state index is 0.0583. The van der Waals surface area contributed by atoms with Gasteiger partial charge in [0.1, 0.15) is 13.2 Å². The van der Waals surface area contributed by atoms with E-state index in [-0.39, 0.29) is 25.3 Å². The Morgan fingerprint density at radius 3 is 2.57 bits per heavy atom. The number of nitrogens with two attached hydrogens (primary N) is 1. The summed E-state index contributed by atoms with van der Waals surface area (Å²) in [5.41, 5.74) is 8.60. The largest absolute Gasteiger partial charge is 0.445 e.